The van der Waals surface area contributed by atoms with E-state index < -0.39 is 0 Å². The number of nitrogens with zero attached hydrogens (tertiary/aromatic N) is 2. The van der Waals surface area contributed by atoms with Crippen molar-refractivity contribution in [3.63, 3.8) is 0 Å². The van der Waals surface area contributed by atoms with Crippen molar-refractivity contribution in [3.8, 4) is 0 Å². The van der Waals surface area contributed by atoms with Gasteiger partial charge in [-0.1, -0.05) is 24.4 Å². The molecule has 5 heteroatoms. The van der Waals surface area contributed by atoms with E-state index in [0.29, 0.717) is 12.2 Å². The molecular formula is C15H20N2OS2. The maximum atomic E-state index is 12.3. The maximum Gasteiger partial charge on any atom is 0.270 e. The van der Waals surface area contributed by atoms with Gasteiger partial charge in [0.25, 0.3) is 5.91 Å². The summed E-state index contributed by atoms with van der Waals surface area (Å²) in [5, 5.41) is 0. The highest BCUT2D eigenvalue weighted by Crippen LogP contribution is 2.17. The first-order chi connectivity index (χ1) is 9.53. The molecule has 0 fully saturated rings. The first-order valence-electron chi connectivity index (χ1n) is 6.32. The predicted molar refractivity (Wildman–Crippen MR) is 90.9 cm³/mol. The molecule has 108 valence electrons. The second-order valence-corrected chi connectivity index (χ2v) is 5.43. The summed E-state index contributed by atoms with van der Waals surface area (Å²) in [6.45, 7) is 2.60. The van der Waals surface area contributed by atoms with Gasteiger partial charge in [0.1, 0.15) is 5.70 Å². The van der Waals surface area contributed by atoms with E-state index >= 15 is 0 Å². The average molecular weight is 308 g/mol. The number of carbonyl (C=O) groups excluding carboxylic acids is 1. The maximum absolute atomic E-state index is 12.3. The van der Waals surface area contributed by atoms with Gasteiger partial charge in [0, 0.05) is 25.5 Å². The second-order valence-electron chi connectivity index (χ2n) is 4.34. The molecule has 1 aromatic rings. The Morgan fingerprint density at radius 3 is 2.35 bits per heavy atom. The first-order valence-corrected chi connectivity index (χ1v) is 8.02. The van der Waals surface area contributed by atoms with E-state index in [1.807, 2.05) is 43.5 Å². The molecule has 0 unspecified atom stereocenters. The van der Waals surface area contributed by atoms with Crippen molar-refractivity contribution in [1.29, 1.82) is 0 Å². The SMILES string of the molecule is CCN(C)C(=O)/C(=C\c1ccc(SC)cc1)N(C)C=S. The van der Waals surface area contributed by atoms with Crippen LogP contribution in [0.1, 0.15) is 12.5 Å². The lowest BCUT2D eigenvalue weighted by Crippen LogP contribution is -2.33. The fraction of sp³-hybridized carbons (Fsp3) is 0.333. The van der Waals surface area contributed by atoms with Crippen molar-refractivity contribution in [2.24, 2.45) is 0 Å². The summed E-state index contributed by atoms with van der Waals surface area (Å²) in [5.41, 5.74) is 3.03. The Morgan fingerprint density at radius 2 is 1.90 bits per heavy atom. The molecule has 1 rings (SSSR count). The van der Waals surface area contributed by atoms with Crippen molar-refractivity contribution >= 4 is 41.5 Å². The van der Waals surface area contributed by atoms with Crippen molar-refractivity contribution in [1.82, 2.24) is 9.80 Å². The molecular weight excluding hydrogens is 288 g/mol. The van der Waals surface area contributed by atoms with Crippen LogP contribution in [0.5, 0.6) is 0 Å². The predicted octanol–water partition coefficient (Wildman–Crippen LogP) is 3.12. The lowest BCUT2D eigenvalue weighted by Gasteiger charge is -2.22. The van der Waals surface area contributed by atoms with E-state index in [4.69, 9.17) is 12.2 Å². The lowest BCUT2D eigenvalue weighted by molar-refractivity contribution is -0.126. The Morgan fingerprint density at radius 1 is 1.30 bits per heavy atom. The zero-order valence-electron chi connectivity index (χ0n) is 12.3. The molecule has 3 nitrogen and oxygen atoms in total. The summed E-state index contributed by atoms with van der Waals surface area (Å²) < 4.78 is 0. The molecule has 0 atom stereocenters. The van der Waals surface area contributed by atoms with Gasteiger partial charge < -0.3 is 9.80 Å². The molecule has 0 N–H and O–H groups in total. The minimum Gasteiger partial charge on any atom is -0.341 e. The minimum atomic E-state index is -0.0370. The average Bonchev–Trinajstić information content (AvgIpc) is 2.50. The zero-order chi connectivity index (χ0) is 15.1. The number of thioether (sulfide) groups is 1. The molecule has 0 aliphatic rings. The van der Waals surface area contributed by atoms with Gasteiger partial charge in [0.2, 0.25) is 0 Å². The number of hydrogen-bond donors (Lipinski definition) is 0. The van der Waals surface area contributed by atoms with Crippen LogP contribution in [0, 0.1) is 0 Å². The van der Waals surface area contributed by atoms with Gasteiger partial charge in [-0.2, -0.15) is 0 Å². The third-order valence-corrected chi connectivity index (χ3v) is 4.06. The Balaban J connectivity index is 3.11. The summed E-state index contributed by atoms with van der Waals surface area (Å²) in [5.74, 6) is -0.0370. The van der Waals surface area contributed by atoms with Crippen molar-refractivity contribution in [2.45, 2.75) is 11.8 Å². The normalized spacial score (nSPS) is 11.1. The lowest BCUT2D eigenvalue weighted by atomic mass is 10.1. The van der Waals surface area contributed by atoms with Crippen LogP contribution in [0.3, 0.4) is 0 Å². The van der Waals surface area contributed by atoms with E-state index in [1.165, 1.54) is 10.4 Å². The summed E-state index contributed by atoms with van der Waals surface area (Å²) >= 11 is 6.63. The van der Waals surface area contributed by atoms with Crippen LogP contribution >= 0.6 is 24.0 Å². The standard InChI is InChI=1S/C15H20N2OS2/c1-5-16(2)15(18)14(17(3)11-19)10-12-6-8-13(20-4)9-7-12/h6-11H,5H2,1-4H3/b14-10+. The van der Waals surface area contributed by atoms with Gasteiger partial charge in [-0.3, -0.25) is 4.79 Å². The van der Waals surface area contributed by atoms with Crippen LogP contribution in [0.15, 0.2) is 34.9 Å². The van der Waals surface area contributed by atoms with Crippen molar-refractivity contribution < 1.29 is 4.79 Å². The quantitative estimate of drug-likeness (QED) is 0.458. The molecule has 0 saturated heterocycles. The highest BCUT2D eigenvalue weighted by Gasteiger charge is 2.16. The summed E-state index contributed by atoms with van der Waals surface area (Å²) in [7, 11) is 3.57. The molecule has 0 saturated carbocycles. The first kappa shape index (κ1) is 16.7. The summed E-state index contributed by atoms with van der Waals surface area (Å²) in [4.78, 5) is 16.9. The third-order valence-electron chi connectivity index (χ3n) is 3.00. The van der Waals surface area contributed by atoms with Crippen LogP contribution in [0.2, 0.25) is 0 Å². The van der Waals surface area contributed by atoms with Gasteiger partial charge in [-0.15, -0.1) is 11.8 Å². The van der Waals surface area contributed by atoms with Gasteiger partial charge in [-0.05, 0) is 37.0 Å². The van der Waals surface area contributed by atoms with Crippen LogP contribution in [0.4, 0.5) is 0 Å². The molecule has 20 heavy (non-hydrogen) atoms. The van der Waals surface area contributed by atoms with E-state index in [2.05, 4.69) is 0 Å². The Kier molecular flexibility index (Phi) is 6.75. The minimum absolute atomic E-state index is 0.0370. The van der Waals surface area contributed by atoms with E-state index in [-0.39, 0.29) is 5.91 Å². The summed E-state index contributed by atoms with van der Waals surface area (Å²) in [6.07, 6.45) is 3.90. The molecule has 0 spiro atoms. The van der Waals surface area contributed by atoms with Crippen LogP contribution in [0.25, 0.3) is 6.08 Å². The zero-order valence-corrected chi connectivity index (χ0v) is 13.9. The molecule has 1 amide bonds. The Hall–Kier alpha value is -1.33. The topological polar surface area (TPSA) is 23.6 Å². The largest absolute Gasteiger partial charge is 0.341 e. The number of rotatable bonds is 6. The number of likely N-dealkylation sites (N-methyl/N-ethyl adjacent to an activating group) is 2. The molecule has 0 aliphatic carbocycles. The summed E-state index contributed by atoms with van der Waals surface area (Å²) in [6, 6.07) is 8.09. The number of carbonyl (C=O) groups is 1. The molecule has 1 aromatic carbocycles. The van der Waals surface area contributed by atoms with Gasteiger partial charge in [-0.25, -0.2) is 0 Å². The van der Waals surface area contributed by atoms with Crippen LogP contribution < -0.4 is 0 Å². The molecule has 0 aromatic heterocycles. The third kappa shape index (κ3) is 4.35. The fourth-order valence-electron chi connectivity index (χ4n) is 1.57. The number of thiocarbonyl (C=S) groups is 1. The molecule has 0 heterocycles. The highest BCUT2D eigenvalue weighted by molar-refractivity contribution is 7.98. The number of benzene rings is 1. The van der Waals surface area contributed by atoms with Crippen LogP contribution in [-0.2, 0) is 4.79 Å². The number of hydrogen-bond acceptors (Lipinski definition) is 3. The molecule has 0 aliphatic heterocycles. The van der Waals surface area contributed by atoms with Crippen molar-refractivity contribution in [3.05, 3.63) is 35.5 Å². The second kappa shape index (κ2) is 8.07. The number of amides is 1. The van der Waals surface area contributed by atoms with E-state index in [0.717, 1.165) is 5.56 Å². The van der Waals surface area contributed by atoms with Crippen LogP contribution in [-0.4, -0.2) is 48.1 Å². The Labute approximate surface area is 130 Å². The van der Waals surface area contributed by atoms with E-state index in [1.54, 1.807) is 35.7 Å². The molecule has 0 bridgehead atoms. The van der Waals surface area contributed by atoms with Crippen molar-refractivity contribution in [2.75, 3.05) is 26.9 Å². The van der Waals surface area contributed by atoms with Gasteiger partial charge in [0.05, 0.1) is 5.49 Å². The molecule has 0 radical (unpaired) electrons. The monoisotopic (exact) mass is 308 g/mol. The highest BCUT2D eigenvalue weighted by atomic mass is 32.2. The van der Waals surface area contributed by atoms with Gasteiger partial charge in [0.15, 0.2) is 0 Å². The van der Waals surface area contributed by atoms with E-state index in [9.17, 15) is 4.79 Å². The Bertz CT molecular complexity index is 497. The fourth-order valence-corrected chi connectivity index (χ4v) is 2.09. The smallest absolute Gasteiger partial charge is 0.270 e. The van der Waals surface area contributed by atoms with Gasteiger partial charge >= 0.3 is 0 Å².